The van der Waals surface area contributed by atoms with E-state index in [0.717, 1.165) is 32.5 Å². The Bertz CT molecular complexity index is 775. The molecule has 0 spiro atoms. The normalized spacial score (nSPS) is 25.9. The Kier molecular flexibility index (Phi) is 5.28. The van der Waals surface area contributed by atoms with Gasteiger partial charge in [-0.2, -0.15) is 0 Å². The largest absolute Gasteiger partial charge is 0.395 e. The number of aliphatic hydroxyl groups excluding tert-OH is 1. The van der Waals surface area contributed by atoms with Gasteiger partial charge in [-0.05, 0) is 36.1 Å². The van der Waals surface area contributed by atoms with E-state index < -0.39 is 0 Å². The second-order valence-electron chi connectivity index (χ2n) is 7.74. The fraction of sp³-hybridized carbons (Fsp3) is 0.435. The number of hydrogen-bond acceptors (Lipinski definition) is 3. The van der Waals surface area contributed by atoms with Crippen molar-refractivity contribution in [1.82, 2.24) is 9.80 Å². The number of amides is 1. The zero-order chi connectivity index (χ0) is 18.8. The second-order valence-corrected chi connectivity index (χ2v) is 7.74. The van der Waals surface area contributed by atoms with Crippen LogP contribution in [0, 0.1) is 0 Å². The van der Waals surface area contributed by atoms with Gasteiger partial charge in [0.05, 0.1) is 6.61 Å². The first-order valence-electron chi connectivity index (χ1n) is 9.96. The summed E-state index contributed by atoms with van der Waals surface area (Å²) in [7, 11) is 0. The van der Waals surface area contributed by atoms with Crippen molar-refractivity contribution in [2.45, 2.75) is 37.8 Å². The molecule has 2 saturated heterocycles. The van der Waals surface area contributed by atoms with Crippen LogP contribution in [0.5, 0.6) is 0 Å². The van der Waals surface area contributed by atoms with Crippen molar-refractivity contribution >= 4 is 5.91 Å². The van der Waals surface area contributed by atoms with Crippen LogP contribution >= 0.6 is 0 Å². The Labute approximate surface area is 161 Å². The summed E-state index contributed by atoms with van der Waals surface area (Å²) in [5.74, 6) is 0.433. The van der Waals surface area contributed by atoms with Crippen molar-refractivity contribution in [3.63, 3.8) is 0 Å². The van der Waals surface area contributed by atoms with Crippen LogP contribution in [0.15, 0.2) is 54.6 Å². The lowest BCUT2D eigenvalue weighted by Crippen LogP contribution is -2.67. The van der Waals surface area contributed by atoms with Gasteiger partial charge in [-0.3, -0.25) is 9.69 Å². The van der Waals surface area contributed by atoms with Crippen molar-refractivity contribution < 1.29 is 9.90 Å². The minimum Gasteiger partial charge on any atom is -0.395 e. The fourth-order valence-corrected chi connectivity index (χ4v) is 4.75. The fourth-order valence-electron chi connectivity index (χ4n) is 4.75. The van der Waals surface area contributed by atoms with Crippen molar-refractivity contribution in [2.24, 2.45) is 0 Å². The first-order chi connectivity index (χ1) is 13.2. The van der Waals surface area contributed by atoms with Crippen LogP contribution in [0.25, 0.3) is 11.1 Å². The highest BCUT2D eigenvalue weighted by molar-refractivity contribution is 5.73. The molecule has 2 aliphatic rings. The first-order valence-corrected chi connectivity index (χ1v) is 9.96. The first kappa shape index (κ1) is 18.2. The minimum absolute atomic E-state index is 0.155. The number of rotatable bonds is 3. The van der Waals surface area contributed by atoms with E-state index in [1.807, 2.05) is 11.0 Å². The van der Waals surface area contributed by atoms with Gasteiger partial charge in [0.2, 0.25) is 5.91 Å². The van der Waals surface area contributed by atoms with Gasteiger partial charge in [-0.25, -0.2) is 0 Å². The maximum atomic E-state index is 12.0. The third-order valence-electron chi connectivity index (χ3n) is 6.22. The summed E-state index contributed by atoms with van der Waals surface area (Å²) < 4.78 is 0. The quantitative estimate of drug-likeness (QED) is 0.910. The number of fused-ring (bicyclic) bond motifs is 1. The van der Waals surface area contributed by atoms with E-state index in [9.17, 15) is 9.90 Å². The van der Waals surface area contributed by atoms with Gasteiger partial charge in [0.25, 0.3) is 0 Å². The predicted molar refractivity (Wildman–Crippen MR) is 107 cm³/mol. The Hall–Kier alpha value is -2.17. The molecule has 3 atom stereocenters. The molecule has 2 heterocycles. The molecule has 2 fully saturated rings. The number of hydrogen-bond donors (Lipinski definition) is 1. The lowest BCUT2D eigenvalue weighted by molar-refractivity contribution is -0.134. The van der Waals surface area contributed by atoms with E-state index in [2.05, 4.69) is 53.4 Å². The number of benzene rings is 2. The molecule has 142 valence electrons. The second kappa shape index (κ2) is 7.83. The van der Waals surface area contributed by atoms with Gasteiger partial charge in [-0.15, -0.1) is 0 Å². The Balaban J connectivity index is 1.58. The average Bonchev–Trinajstić information content (AvgIpc) is 2.67. The molecular formula is C23H28N2O2. The number of carbonyl (C=O) groups is 1. The summed E-state index contributed by atoms with van der Waals surface area (Å²) in [4.78, 5) is 16.4. The predicted octanol–water partition coefficient (Wildman–Crippen LogP) is 3.12. The maximum absolute atomic E-state index is 12.0. The minimum atomic E-state index is 0.155. The van der Waals surface area contributed by atoms with Gasteiger partial charge in [0.15, 0.2) is 0 Å². The summed E-state index contributed by atoms with van der Waals surface area (Å²) in [6.45, 7) is 4.46. The summed E-state index contributed by atoms with van der Waals surface area (Å²) in [5.41, 5.74) is 3.69. The third kappa shape index (κ3) is 3.52. The third-order valence-corrected chi connectivity index (χ3v) is 6.22. The van der Waals surface area contributed by atoms with Crippen molar-refractivity contribution in [3.05, 3.63) is 60.2 Å². The van der Waals surface area contributed by atoms with Gasteiger partial charge in [-0.1, -0.05) is 54.6 Å². The number of carbonyl (C=O) groups excluding carboxylic acids is 1. The Morgan fingerprint density at radius 2 is 1.67 bits per heavy atom. The summed E-state index contributed by atoms with van der Waals surface area (Å²) in [6, 6.07) is 19.6. The van der Waals surface area contributed by atoms with Crippen LogP contribution in [0.1, 0.15) is 31.2 Å². The van der Waals surface area contributed by atoms with Gasteiger partial charge < -0.3 is 10.0 Å². The highest BCUT2D eigenvalue weighted by Crippen LogP contribution is 2.42. The van der Waals surface area contributed by atoms with E-state index in [-0.39, 0.29) is 24.5 Å². The van der Waals surface area contributed by atoms with Crippen LogP contribution in [0.2, 0.25) is 0 Å². The highest BCUT2D eigenvalue weighted by Gasteiger charge is 2.49. The zero-order valence-corrected chi connectivity index (χ0v) is 15.9. The number of aliphatic hydroxyl groups is 1. The van der Waals surface area contributed by atoms with Crippen molar-refractivity contribution in [3.8, 4) is 11.1 Å². The average molecular weight is 364 g/mol. The molecule has 4 heteroatoms. The van der Waals surface area contributed by atoms with Crippen LogP contribution < -0.4 is 0 Å². The van der Waals surface area contributed by atoms with Crippen molar-refractivity contribution in [1.29, 1.82) is 0 Å². The molecule has 4 rings (SSSR count). The molecule has 4 nitrogen and oxygen atoms in total. The van der Waals surface area contributed by atoms with E-state index in [4.69, 9.17) is 0 Å². The standard InChI is InChI=1S/C23H28N2O2/c1-17(27)24-13-5-6-14-25-21(15-24)23(22(25)16-26)20-11-9-19(10-12-20)18-7-3-2-4-8-18/h2-4,7-12,21-23,26H,5-6,13-16H2,1H3/t21-,22-,23-/m1/s1. The molecule has 0 aliphatic carbocycles. The monoisotopic (exact) mass is 364 g/mol. The van der Waals surface area contributed by atoms with E-state index in [0.29, 0.717) is 6.04 Å². The van der Waals surface area contributed by atoms with Gasteiger partial charge in [0, 0.05) is 38.0 Å². The zero-order valence-electron chi connectivity index (χ0n) is 15.9. The van der Waals surface area contributed by atoms with Gasteiger partial charge >= 0.3 is 0 Å². The van der Waals surface area contributed by atoms with Crippen LogP contribution in [-0.4, -0.2) is 59.1 Å². The maximum Gasteiger partial charge on any atom is 0.219 e. The number of nitrogens with zero attached hydrogens (tertiary/aromatic N) is 2. The molecule has 0 saturated carbocycles. The molecule has 0 aromatic heterocycles. The highest BCUT2D eigenvalue weighted by atomic mass is 16.3. The smallest absolute Gasteiger partial charge is 0.219 e. The molecule has 0 bridgehead atoms. The Morgan fingerprint density at radius 3 is 2.33 bits per heavy atom. The SMILES string of the molecule is CC(=O)N1CCCCN2[C@H](CO)[C@H](c3ccc(-c4ccccc4)cc3)[C@H]2C1. The molecule has 0 unspecified atom stereocenters. The van der Waals surface area contributed by atoms with Crippen LogP contribution in [0.3, 0.4) is 0 Å². The Morgan fingerprint density at radius 1 is 1.00 bits per heavy atom. The summed E-state index contributed by atoms with van der Waals surface area (Å²) in [6.07, 6.45) is 2.12. The lowest BCUT2D eigenvalue weighted by Gasteiger charge is -2.57. The van der Waals surface area contributed by atoms with E-state index in [1.54, 1.807) is 6.92 Å². The lowest BCUT2D eigenvalue weighted by atomic mass is 9.74. The summed E-state index contributed by atoms with van der Waals surface area (Å²) >= 11 is 0. The molecule has 1 amide bonds. The van der Waals surface area contributed by atoms with Gasteiger partial charge in [0.1, 0.15) is 0 Å². The van der Waals surface area contributed by atoms with Crippen LogP contribution in [0.4, 0.5) is 0 Å². The van der Waals surface area contributed by atoms with E-state index in [1.165, 1.54) is 16.7 Å². The van der Waals surface area contributed by atoms with Crippen LogP contribution in [-0.2, 0) is 4.79 Å². The molecule has 1 N–H and O–H groups in total. The summed E-state index contributed by atoms with van der Waals surface area (Å²) in [5, 5.41) is 10.0. The molecule has 27 heavy (non-hydrogen) atoms. The molecule has 2 aliphatic heterocycles. The molecular weight excluding hydrogens is 336 g/mol. The molecule has 0 radical (unpaired) electrons. The van der Waals surface area contributed by atoms with Crippen molar-refractivity contribution in [2.75, 3.05) is 26.2 Å². The van der Waals surface area contributed by atoms with E-state index >= 15 is 0 Å². The topological polar surface area (TPSA) is 43.8 Å². The molecule has 2 aromatic carbocycles. The molecule has 2 aromatic rings.